The standard InChI is InChI=1S/C19H20N2O4/c22-19(21-13-5-6-17-18(11-13)24-10-9-23-17)12-25-16-7-8-20-15-4-2-1-3-14(15)16/h5-8,11H,1-4,9-10,12H2,(H,21,22). The maximum absolute atomic E-state index is 12.2. The molecule has 1 aliphatic carbocycles. The zero-order valence-electron chi connectivity index (χ0n) is 13.9. The summed E-state index contributed by atoms with van der Waals surface area (Å²) in [7, 11) is 0. The first-order chi connectivity index (χ1) is 12.3. The van der Waals surface area contributed by atoms with Gasteiger partial charge in [-0.1, -0.05) is 0 Å². The topological polar surface area (TPSA) is 69.7 Å². The Balaban J connectivity index is 1.38. The quantitative estimate of drug-likeness (QED) is 0.927. The molecule has 4 rings (SSSR count). The number of nitrogens with one attached hydrogen (secondary N) is 1. The Hall–Kier alpha value is -2.76. The van der Waals surface area contributed by atoms with Gasteiger partial charge in [0.15, 0.2) is 18.1 Å². The van der Waals surface area contributed by atoms with Gasteiger partial charge in [0, 0.05) is 29.2 Å². The van der Waals surface area contributed by atoms with Crippen LogP contribution in [0.15, 0.2) is 30.5 Å². The van der Waals surface area contributed by atoms with Gasteiger partial charge in [0.05, 0.1) is 0 Å². The van der Waals surface area contributed by atoms with Crippen molar-refractivity contribution in [2.75, 3.05) is 25.1 Å². The Morgan fingerprint density at radius 2 is 1.96 bits per heavy atom. The molecule has 2 aliphatic rings. The van der Waals surface area contributed by atoms with Crippen molar-refractivity contribution in [3.63, 3.8) is 0 Å². The summed E-state index contributed by atoms with van der Waals surface area (Å²) in [5.41, 5.74) is 2.89. The van der Waals surface area contributed by atoms with Crippen molar-refractivity contribution >= 4 is 11.6 Å². The smallest absolute Gasteiger partial charge is 0.262 e. The van der Waals surface area contributed by atoms with Crippen LogP contribution in [0.2, 0.25) is 0 Å². The van der Waals surface area contributed by atoms with E-state index in [0.29, 0.717) is 30.4 Å². The van der Waals surface area contributed by atoms with Crippen LogP contribution in [0, 0.1) is 0 Å². The average molecular weight is 340 g/mol. The van der Waals surface area contributed by atoms with E-state index in [4.69, 9.17) is 14.2 Å². The second kappa shape index (κ2) is 7.01. The highest BCUT2D eigenvalue weighted by atomic mass is 16.6. The Kier molecular flexibility index (Phi) is 4.41. The second-order valence-electron chi connectivity index (χ2n) is 6.14. The fraction of sp³-hybridized carbons (Fsp3) is 0.368. The fourth-order valence-corrected chi connectivity index (χ4v) is 3.19. The molecule has 1 aromatic heterocycles. The predicted octanol–water partition coefficient (Wildman–Crippen LogP) is 2.75. The van der Waals surface area contributed by atoms with Gasteiger partial charge in [0.25, 0.3) is 5.91 Å². The molecule has 0 spiro atoms. The lowest BCUT2D eigenvalue weighted by atomic mass is 9.95. The molecule has 0 saturated heterocycles. The molecule has 0 radical (unpaired) electrons. The van der Waals surface area contributed by atoms with Gasteiger partial charge in [0.2, 0.25) is 0 Å². The molecule has 0 unspecified atom stereocenters. The van der Waals surface area contributed by atoms with Gasteiger partial charge in [-0.3, -0.25) is 9.78 Å². The lowest BCUT2D eigenvalue weighted by molar-refractivity contribution is -0.118. The highest BCUT2D eigenvalue weighted by Gasteiger charge is 2.16. The summed E-state index contributed by atoms with van der Waals surface area (Å²) in [6, 6.07) is 7.19. The van der Waals surface area contributed by atoms with E-state index < -0.39 is 0 Å². The van der Waals surface area contributed by atoms with E-state index in [0.717, 1.165) is 42.7 Å². The van der Waals surface area contributed by atoms with Crippen molar-refractivity contribution in [2.45, 2.75) is 25.7 Å². The minimum atomic E-state index is -0.210. The fourth-order valence-electron chi connectivity index (χ4n) is 3.19. The lowest BCUT2D eigenvalue weighted by Crippen LogP contribution is -2.21. The first-order valence-corrected chi connectivity index (χ1v) is 8.59. The minimum Gasteiger partial charge on any atom is -0.486 e. The molecule has 1 aliphatic heterocycles. The number of aryl methyl sites for hydroxylation is 1. The van der Waals surface area contributed by atoms with E-state index in [1.54, 1.807) is 24.4 Å². The molecule has 1 N–H and O–H groups in total. The molecule has 6 heteroatoms. The van der Waals surface area contributed by atoms with Gasteiger partial charge < -0.3 is 19.5 Å². The Labute approximate surface area is 146 Å². The van der Waals surface area contributed by atoms with E-state index in [1.807, 2.05) is 6.07 Å². The summed E-state index contributed by atoms with van der Waals surface area (Å²) in [5.74, 6) is 1.90. The average Bonchev–Trinajstić information content (AvgIpc) is 2.66. The van der Waals surface area contributed by atoms with Crippen molar-refractivity contribution in [1.29, 1.82) is 0 Å². The SMILES string of the molecule is O=C(COc1ccnc2c1CCCC2)Nc1ccc2c(c1)OCCO2. The monoisotopic (exact) mass is 340 g/mol. The van der Waals surface area contributed by atoms with Crippen molar-refractivity contribution < 1.29 is 19.0 Å². The number of hydrogen-bond acceptors (Lipinski definition) is 5. The molecule has 130 valence electrons. The molecule has 25 heavy (non-hydrogen) atoms. The third kappa shape index (κ3) is 3.52. The third-order valence-corrected chi connectivity index (χ3v) is 4.38. The third-order valence-electron chi connectivity index (χ3n) is 4.38. The summed E-state index contributed by atoms with van der Waals surface area (Å²) < 4.78 is 16.7. The number of benzene rings is 1. The predicted molar refractivity (Wildman–Crippen MR) is 92.4 cm³/mol. The number of ether oxygens (including phenoxy) is 3. The minimum absolute atomic E-state index is 0.0368. The summed E-state index contributed by atoms with van der Waals surface area (Å²) in [6.07, 6.45) is 5.99. The van der Waals surface area contributed by atoms with Crippen LogP contribution in [-0.2, 0) is 17.6 Å². The normalized spacial score (nSPS) is 15.2. The van der Waals surface area contributed by atoms with Crippen LogP contribution in [-0.4, -0.2) is 30.7 Å². The molecule has 0 atom stereocenters. The maximum Gasteiger partial charge on any atom is 0.262 e. The highest BCUT2D eigenvalue weighted by molar-refractivity contribution is 5.92. The van der Waals surface area contributed by atoms with Crippen LogP contribution in [0.4, 0.5) is 5.69 Å². The Bertz CT molecular complexity index is 791. The van der Waals surface area contributed by atoms with E-state index in [-0.39, 0.29) is 12.5 Å². The molecule has 2 aromatic rings. The van der Waals surface area contributed by atoms with Crippen LogP contribution in [0.25, 0.3) is 0 Å². The maximum atomic E-state index is 12.2. The highest BCUT2D eigenvalue weighted by Crippen LogP contribution is 2.32. The molecule has 1 amide bonds. The lowest BCUT2D eigenvalue weighted by Gasteiger charge is -2.19. The van der Waals surface area contributed by atoms with E-state index in [9.17, 15) is 4.79 Å². The van der Waals surface area contributed by atoms with Gasteiger partial charge >= 0.3 is 0 Å². The first-order valence-electron chi connectivity index (χ1n) is 8.59. The number of hydrogen-bond donors (Lipinski definition) is 1. The number of pyridine rings is 1. The van der Waals surface area contributed by atoms with Crippen LogP contribution >= 0.6 is 0 Å². The van der Waals surface area contributed by atoms with Crippen LogP contribution in [0.5, 0.6) is 17.2 Å². The molecule has 0 saturated carbocycles. The van der Waals surface area contributed by atoms with Gasteiger partial charge in [-0.15, -0.1) is 0 Å². The molecule has 1 aromatic carbocycles. The van der Waals surface area contributed by atoms with E-state index >= 15 is 0 Å². The molecule has 0 fully saturated rings. The zero-order valence-corrected chi connectivity index (χ0v) is 13.9. The van der Waals surface area contributed by atoms with Crippen LogP contribution in [0.1, 0.15) is 24.1 Å². The van der Waals surface area contributed by atoms with Crippen molar-refractivity contribution in [3.8, 4) is 17.2 Å². The summed E-state index contributed by atoms with van der Waals surface area (Å²) in [4.78, 5) is 16.6. The number of nitrogens with zero attached hydrogens (tertiary/aromatic N) is 1. The molecule has 0 bridgehead atoms. The number of carbonyl (C=O) groups is 1. The molecular formula is C19H20N2O4. The van der Waals surface area contributed by atoms with Crippen molar-refractivity contribution in [2.24, 2.45) is 0 Å². The number of anilines is 1. The van der Waals surface area contributed by atoms with Crippen LogP contribution in [0.3, 0.4) is 0 Å². The summed E-state index contributed by atoms with van der Waals surface area (Å²) in [6.45, 7) is 1.02. The number of carbonyl (C=O) groups excluding carboxylic acids is 1. The van der Waals surface area contributed by atoms with Crippen LogP contribution < -0.4 is 19.5 Å². The Morgan fingerprint density at radius 3 is 2.88 bits per heavy atom. The zero-order chi connectivity index (χ0) is 17.1. The number of rotatable bonds is 4. The number of fused-ring (bicyclic) bond motifs is 2. The number of amides is 1. The van der Waals surface area contributed by atoms with Gasteiger partial charge in [-0.25, -0.2) is 0 Å². The largest absolute Gasteiger partial charge is 0.486 e. The number of aromatic nitrogens is 1. The van der Waals surface area contributed by atoms with Crippen molar-refractivity contribution in [3.05, 3.63) is 41.7 Å². The molecular weight excluding hydrogens is 320 g/mol. The van der Waals surface area contributed by atoms with Gasteiger partial charge in [-0.2, -0.15) is 0 Å². The van der Waals surface area contributed by atoms with E-state index in [2.05, 4.69) is 10.3 Å². The summed E-state index contributed by atoms with van der Waals surface area (Å²) in [5, 5.41) is 2.83. The summed E-state index contributed by atoms with van der Waals surface area (Å²) >= 11 is 0. The molecule has 2 heterocycles. The molecule has 6 nitrogen and oxygen atoms in total. The van der Waals surface area contributed by atoms with E-state index in [1.165, 1.54) is 0 Å². The van der Waals surface area contributed by atoms with Gasteiger partial charge in [0.1, 0.15) is 19.0 Å². The second-order valence-corrected chi connectivity index (χ2v) is 6.14. The van der Waals surface area contributed by atoms with Gasteiger partial charge in [-0.05, 0) is 43.9 Å². The Morgan fingerprint density at radius 1 is 1.12 bits per heavy atom. The van der Waals surface area contributed by atoms with Crippen molar-refractivity contribution in [1.82, 2.24) is 4.98 Å². The first kappa shape index (κ1) is 15.7.